The van der Waals surface area contributed by atoms with Gasteiger partial charge in [-0.2, -0.15) is 0 Å². The summed E-state index contributed by atoms with van der Waals surface area (Å²) < 4.78 is 7.12. The average Bonchev–Trinajstić information content (AvgIpc) is 3.62. The van der Waals surface area contributed by atoms with Gasteiger partial charge in [0.25, 0.3) is 0 Å². The maximum atomic E-state index is 7.12. The van der Waals surface area contributed by atoms with Crippen LogP contribution >= 0.6 is 0 Å². The van der Waals surface area contributed by atoms with Crippen LogP contribution in [0.5, 0.6) is 11.5 Å². The minimum absolute atomic E-state index is 0.656. The van der Waals surface area contributed by atoms with Gasteiger partial charge in [-0.05, 0) is 103 Å². The van der Waals surface area contributed by atoms with Crippen molar-refractivity contribution in [1.82, 2.24) is 0 Å². The Morgan fingerprint density at radius 3 is 1.46 bits per heavy atom. The molecule has 0 saturated carbocycles. The van der Waals surface area contributed by atoms with Crippen LogP contribution in [0, 0.1) is 0 Å². The summed E-state index contributed by atoms with van der Waals surface area (Å²) in [6, 6.07) is 85.9. The molecule has 61 heavy (non-hydrogen) atoms. The van der Waals surface area contributed by atoms with Gasteiger partial charge in [-0.15, -0.1) is 0 Å². The van der Waals surface area contributed by atoms with E-state index >= 15 is 0 Å². The van der Waals surface area contributed by atoms with Gasteiger partial charge < -0.3 is 9.64 Å². The molecule has 0 unspecified atom stereocenters. The molecule has 1 spiro atoms. The van der Waals surface area contributed by atoms with Crippen molar-refractivity contribution >= 4 is 27.8 Å². The van der Waals surface area contributed by atoms with Gasteiger partial charge in [-0.3, -0.25) is 0 Å². The van der Waals surface area contributed by atoms with Gasteiger partial charge in [0.05, 0.1) is 11.1 Å². The lowest BCUT2D eigenvalue weighted by molar-refractivity contribution is 0.437. The van der Waals surface area contributed by atoms with Crippen LogP contribution in [0.4, 0.5) is 17.1 Å². The zero-order valence-electron chi connectivity index (χ0n) is 33.4. The van der Waals surface area contributed by atoms with E-state index in [2.05, 4.69) is 241 Å². The Morgan fingerprint density at radius 1 is 0.311 bits per heavy atom. The first kappa shape index (κ1) is 35.0. The molecule has 0 aromatic heterocycles. The monoisotopic (exact) mass is 777 g/mol. The van der Waals surface area contributed by atoms with E-state index in [1.165, 1.54) is 44.2 Å². The molecule has 1 heterocycles. The van der Waals surface area contributed by atoms with Gasteiger partial charge in [0.1, 0.15) is 11.5 Å². The standard InChI is InChI=1S/C59H39NO/c1-4-15-40(16-5-1)43-27-31-47(32-28-43)60(56-26-14-22-44-21-10-11-23-49(44)56)48-33-34-51-50-24-12-13-25-52(50)59(55(51)39-48)53-35-29-45(41-17-6-2-7-18-41)37-57(53)61-58-38-46(30-36-54(58)59)42-19-8-3-9-20-42/h1-39H. The largest absolute Gasteiger partial charge is 0.457 e. The lowest BCUT2D eigenvalue weighted by Crippen LogP contribution is -2.32. The summed E-state index contributed by atoms with van der Waals surface area (Å²) in [6.45, 7) is 0. The summed E-state index contributed by atoms with van der Waals surface area (Å²) in [7, 11) is 0. The molecule has 10 aromatic carbocycles. The van der Waals surface area contributed by atoms with Crippen molar-refractivity contribution in [2.24, 2.45) is 0 Å². The minimum Gasteiger partial charge on any atom is -0.457 e. The van der Waals surface area contributed by atoms with Gasteiger partial charge >= 0.3 is 0 Å². The molecule has 0 radical (unpaired) electrons. The molecule has 10 aromatic rings. The minimum atomic E-state index is -0.656. The van der Waals surface area contributed by atoms with Crippen LogP contribution in [0.2, 0.25) is 0 Å². The summed E-state index contributed by atoms with van der Waals surface area (Å²) in [4.78, 5) is 2.44. The summed E-state index contributed by atoms with van der Waals surface area (Å²) in [5, 5.41) is 2.39. The Labute approximate surface area is 356 Å². The summed E-state index contributed by atoms with van der Waals surface area (Å²) in [5.74, 6) is 1.74. The van der Waals surface area contributed by atoms with E-state index in [1.807, 2.05) is 0 Å². The number of ether oxygens (including phenoxy) is 1. The third-order valence-corrected chi connectivity index (χ3v) is 12.7. The van der Waals surface area contributed by atoms with Crippen LogP contribution in [-0.4, -0.2) is 0 Å². The molecule has 2 heteroatoms. The van der Waals surface area contributed by atoms with E-state index in [0.717, 1.165) is 61.9 Å². The third-order valence-electron chi connectivity index (χ3n) is 12.7. The van der Waals surface area contributed by atoms with E-state index in [4.69, 9.17) is 4.74 Å². The Hall–Kier alpha value is -7.94. The first-order chi connectivity index (χ1) is 30.2. The Morgan fingerprint density at radius 2 is 0.803 bits per heavy atom. The Balaban J connectivity index is 1.12. The molecule has 0 atom stereocenters. The predicted octanol–water partition coefficient (Wildman–Crippen LogP) is 15.8. The van der Waals surface area contributed by atoms with Crippen molar-refractivity contribution in [3.63, 3.8) is 0 Å². The van der Waals surface area contributed by atoms with E-state index in [0.29, 0.717) is 0 Å². The molecule has 0 N–H and O–H groups in total. The molecule has 0 saturated heterocycles. The zero-order valence-corrected chi connectivity index (χ0v) is 33.4. The van der Waals surface area contributed by atoms with Crippen molar-refractivity contribution in [1.29, 1.82) is 0 Å². The van der Waals surface area contributed by atoms with Crippen molar-refractivity contribution in [2.45, 2.75) is 5.41 Å². The quantitative estimate of drug-likeness (QED) is 0.167. The smallest absolute Gasteiger partial charge is 0.132 e. The fourth-order valence-electron chi connectivity index (χ4n) is 9.97. The van der Waals surface area contributed by atoms with Crippen molar-refractivity contribution in [3.05, 3.63) is 259 Å². The van der Waals surface area contributed by atoms with Gasteiger partial charge in [-0.25, -0.2) is 0 Å². The first-order valence-corrected chi connectivity index (χ1v) is 21.0. The number of hydrogen-bond acceptors (Lipinski definition) is 2. The number of hydrogen-bond donors (Lipinski definition) is 0. The summed E-state index contributed by atoms with van der Waals surface area (Å²) >= 11 is 0. The summed E-state index contributed by atoms with van der Waals surface area (Å²) in [6.07, 6.45) is 0. The SMILES string of the molecule is c1ccc(-c2ccc(N(c3ccc4c(c3)C3(c5ccc(-c6ccccc6)cc5Oc5cc(-c6ccccc6)ccc53)c3ccccc3-4)c3cccc4ccccc34)cc2)cc1. The summed E-state index contributed by atoms with van der Waals surface area (Å²) in [5.41, 5.74) is 16.8. The second-order valence-corrected chi connectivity index (χ2v) is 16.0. The molecule has 1 aliphatic heterocycles. The Kier molecular flexibility index (Phi) is 8.11. The zero-order chi connectivity index (χ0) is 40.3. The molecule has 2 nitrogen and oxygen atoms in total. The number of benzene rings is 10. The highest BCUT2D eigenvalue weighted by Gasteiger charge is 2.51. The van der Waals surface area contributed by atoms with Crippen LogP contribution < -0.4 is 9.64 Å². The molecule has 2 aliphatic rings. The van der Waals surface area contributed by atoms with E-state index in [1.54, 1.807) is 0 Å². The third kappa shape index (κ3) is 5.57. The molecule has 0 bridgehead atoms. The molecular formula is C59H39NO. The topological polar surface area (TPSA) is 12.5 Å². The predicted molar refractivity (Wildman–Crippen MR) is 252 cm³/mol. The fraction of sp³-hybridized carbons (Fsp3) is 0.0169. The van der Waals surface area contributed by atoms with Crippen molar-refractivity contribution < 1.29 is 4.74 Å². The number of fused-ring (bicyclic) bond motifs is 10. The average molecular weight is 778 g/mol. The fourth-order valence-corrected chi connectivity index (χ4v) is 9.97. The van der Waals surface area contributed by atoms with Gasteiger partial charge in [0, 0.05) is 27.9 Å². The molecule has 286 valence electrons. The van der Waals surface area contributed by atoms with E-state index in [9.17, 15) is 0 Å². The molecule has 1 aliphatic carbocycles. The molecule has 0 fully saturated rings. The van der Waals surface area contributed by atoms with Crippen molar-refractivity contribution in [2.75, 3.05) is 4.90 Å². The molecule has 12 rings (SSSR count). The second-order valence-electron chi connectivity index (χ2n) is 16.0. The second kappa shape index (κ2) is 14.1. The van der Waals surface area contributed by atoms with Crippen LogP contribution in [0.1, 0.15) is 22.3 Å². The molecular weight excluding hydrogens is 739 g/mol. The number of anilines is 3. The van der Waals surface area contributed by atoms with Gasteiger partial charge in [0.15, 0.2) is 0 Å². The molecule has 0 amide bonds. The number of rotatable bonds is 6. The first-order valence-electron chi connectivity index (χ1n) is 21.0. The maximum absolute atomic E-state index is 7.12. The maximum Gasteiger partial charge on any atom is 0.132 e. The van der Waals surface area contributed by atoms with Crippen LogP contribution in [-0.2, 0) is 5.41 Å². The van der Waals surface area contributed by atoms with E-state index in [-0.39, 0.29) is 0 Å². The Bertz CT molecular complexity index is 3170. The van der Waals surface area contributed by atoms with E-state index < -0.39 is 5.41 Å². The lowest BCUT2D eigenvalue weighted by Gasteiger charge is -2.40. The van der Waals surface area contributed by atoms with Crippen LogP contribution in [0.3, 0.4) is 0 Å². The highest BCUT2D eigenvalue weighted by molar-refractivity contribution is 6.00. The number of nitrogens with zero attached hydrogens (tertiary/aromatic N) is 1. The van der Waals surface area contributed by atoms with Crippen LogP contribution in [0.25, 0.3) is 55.3 Å². The highest BCUT2D eigenvalue weighted by Crippen LogP contribution is 2.63. The highest BCUT2D eigenvalue weighted by atomic mass is 16.5. The van der Waals surface area contributed by atoms with Crippen molar-refractivity contribution in [3.8, 4) is 56.0 Å². The van der Waals surface area contributed by atoms with Gasteiger partial charge in [0.2, 0.25) is 0 Å². The normalized spacial score (nSPS) is 12.9. The van der Waals surface area contributed by atoms with Gasteiger partial charge in [-0.1, -0.05) is 194 Å². The van der Waals surface area contributed by atoms with Crippen LogP contribution in [0.15, 0.2) is 237 Å². The lowest BCUT2D eigenvalue weighted by atomic mass is 9.65.